The quantitative estimate of drug-likeness (QED) is 0.936. The summed E-state index contributed by atoms with van der Waals surface area (Å²) >= 11 is 1.37. The molecule has 1 aromatic heterocycles. The molecule has 0 spiro atoms. The normalized spacial score (nSPS) is 11.8. The summed E-state index contributed by atoms with van der Waals surface area (Å²) in [6.45, 7) is 1.62. The Morgan fingerprint density at radius 3 is 2.72 bits per heavy atom. The molecule has 18 heavy (non-hydrogen) atoms. The number of carboxylic acids is 1. The lowest BCUT2D eigenvalue weighted by atomic mass is 10.1. The lowest BCUT2D eigenvalue weighted by molar-refractivity contribution is 0.0697. The van der Waals surface area contributed by atoms with Crippen molar-refractivity contribution in [3.63, 3.8) is 0 Å². The van der Waals surface area contributed by atoms with E-state index in [-0.39, 0.29) is 17.1 Å². The third-order valence-electron chi connectivity index (χ3n) is 2.72. The summed E-state index contributed by atoms with van der Waals surface area (Å²) in [5.41, 5.74) is 0.961. The first-order valence-corrected chi connectivity index (χ1v) is 8.07. The minimum absolute atomic E-state index is 0.00984. The zero-order valence-corrected chi connectivity index (χ0v) is 11.3. The molecule has 0 aliphatic heterocycles. The van der Waals surface area contributed by atoms with E-state index in [1.165, 1.54) is 17.4 Å². The van der Waals surface area contributed by atoms with Crippen molar-refractivity contribution in [3.05, 3.63) is 34.7 Å². The van der Waals surface area contributed by atoms with Crippen molar-refractivity contribution in [1.29, 1.82) is 0 Å². The molecular formula is C12H12O4S2. The number of sulfone groups is 1. The van der Waals surface area contributed by atoms with Crippen LogP contribution in [0, 0.1) is 0 Å². The van der Waals surface area contributed by atoms with Crippen LogP contribution in [-0.2, 0) is 15.6 Å². The maximum atomic E-state index is 11.6. The average Bonchev–Trinajstić information content (AvgIpc) is 2.71. The fourth-order valence-electron chi connectivity index (χ4n) is 1.67. The van der Waals surface area contributed by atoms with E-state index in [0.29, 0.717) is 0 Å². The summed E-state index contributed by atoms with van der Waals surface area (Å²) in [4.78, 5) is 10.8. The van der Waals surface area contributed by atoms with Gasteiger partial charge in [-0.05, 0) is 28.5 Å². The van der Waals surface area contributed by atoms with Gasteiger partial charge in [-0.3, -0.25) is 0 Å². The van der Waals surface area contributed by atoms with Gasteiger partial charge in [0.2, 0.25) is 0 Å². The molecule has 4 nitrogen and oxygen atoms in total. The van der Waals surface area contributed by atoms with Crippen LogP contribution in [0.4, 0.5) is 0 Å². The third-order valence-corrected chi connectivity index (χ3v) is 5.34. The smallest absolute Gasteiger partial charge is 0.335 e. The van der Waals surface area contributed by atoms with E-state index in [1.807, 2.05) is 0 Å². The van der Waals surface area contributed by atoms with E-state index in [1.54, 1.807) is 24.4 Å². The Balaban J connectivity index is 2.47. The van der Waals surface area contributed by atoms with Crippen LogP contribution in [0.1, 0.15) is 22.8 Å². The predicted octanol–water partition coefficient (Wildman–Crippen LogP) is 2.53. The second-order valence-corrected chi connectivity index (χ2v) is 7.22. The molecule has 1 aromatic carbocycles. The first kappa shape index (κ1) is 13.0. The van der Waals surface area contributed by atoms with Crippen LogP contribution in [0.2, 0.25) is 0 Å². The molecule has 2 aromatic rings. The number of rotatable bonds is 4. The van der Waals surface area contributed by atoms with Crippen LogP contribution >= 0.6 is 11.3 Å². The monoisotopic (exact) mass is 284 g/mol. The van der Waals surface area contributed by atoms with Gasteiger partial charge >= 0.3 is 5.97 Å². The van der Waals surface area contributed by atoms with Gasteiger partial charge in [-0.2, -0.15) is 0 Å². The molecule has 0 fully saturated rings. The van der Waals surface area contributed by atoms with E-state index in [2.05, 4.69) is 0 Å². The molecule has 2 rings (SSSR count). The highest BCUT2D eigenvalue weighted by Crippen LogP contribution is 2.28. The molecule has 96 valence electrons. The van der Waals surface area contributed by atoms with Gasteiger partial charge in [0.1, 0.15) is 0 Å². The average molecular weight is 284 g/mol. The van der Waals surface area contributed by atoms with Gasteiger partial charge in [-0.25, -0.2) is 13.2 Å². The van der Waals surface area contributed by atoms with Gasteiger partial charge in [-0.1, -0.05) is 13.0 Å². The molecule has 0 unspecified atom stereocenters. The number of carboxylic acid groups (broad SMARTS) is 1. The molecule has 0 amide bonds. The minimum Gasteiger partial charge on any atom is -0.478 e. The fourth-order valence-corrected chi connectivity index (χ4v) is 3.69. The van der Waals surface area contributed by atoms with Crippen molar-refractivity contribution in [2.24, 2.45) is 0 Å². The van der Waals surface area contributed by atoms with Crippen LogP contribution in [0.5, 0.6) is 0 Å². The summed E-state index contributed by atoms with van der Waals surface area (Å²) < 4.78 is 24.0. The number of hydrogen-bond donors (Lipinski definition) is 1. The van der Waals surface area contributed by atoms with Crippen molar-refractivity contribution < 1.29 is 18.3 Å². The third kappa shape index (κ3) is 2.54. The number of aromatic carboxylic acids is 1. The highest BCUT2D eigenvalue weighted by Gasteiger charge is 2.14. The Bertz CT molecular complexity index is 698. The van der Waals surface area contributed by atoms with Gasteiger partial charge in [0.15, 0.2) is 9.84 Å². The van der Waals surface area contributed by atoms with Crippen LogP contribution < -0.4 is 0 Å². The molecule has 1 N–H and O–H groups in total. The zero-order chi connectivity index (χ0) is 13.3. The number of benzene rings is 1. The Kier molecular flexibility index (Phi) is 3.41. The maximum absolute atomic E-state index is 11.6. The van der Waals surface area contributed by atoms with E-state index >= 15 is 0 Å². The zero-order valence-electron chi connectivity index (χ0n) is 9.71. The standard InChI is InChI=1S/C12H12O4S2/c1-2-18(15,16)7-9-6-17-11-5-8(12(13)14)3-4-10(9)11/h3-6H,2,7H2,1H3,(H,13,14). The van der Waals surface area contributed by atoms with Crippen LogP contribution in [0.3, 0.4) is 0 Å². The highest BCUT2D eigenvalue weighted by molar-refractivity contribution is 7.90. The summed E-state index contributed by atoms with van der Waals surface area (Å²) in [5.74, 6) is -0.860. The predicted molar refractivity (Wildman–Crippen MR) is 71.9 cm³/mol. The minimum atomic E-state index is -3.07. The second kappa shape index (κ2) is 4.70. The molecule has 6 heteroatoms. The van der Waals surface area contributed by atoms with Crippen molar-refractivity contribution in [1.82, 2.24) is 0 Å². The van der Waals surface area contributed by atoms with E-state index < -0.39 is 15.8 Å². The molecule has 0 saturated heterocycles. The molecule has 0 bridgehead atoms. The van der Waals surface area contributed by atoms with E-state index in [0.717, 1.165) is 15.6 Å². The highest BCUT2D eigenvalue weighted by atomic mass is 32.2. The van der Waals surface area contributed by atoms with E-state index in [4.69, 9.17) is 5.11 Å². The Hall–Kier alpha value is -1.40. The molecule has 0 atom stereocenters. The SMILES string of the molecule is CCS(=O)(=O)Cc1csc2cc(C(=O)O)ccc12. The number of hydrogen-bond acceptors (Lipinski definition) is 4. The molecule has 0 aliphatic carbocycles. The van der Waals surface area contributed by atoms with Gasteiger partial charge < -0.3 is 5.11 Å². The number of carbonyl (C=O) groups is 1. The molecule has 0 aliphatic rings. The Morgan fingerprint density at radius 2 is 2.11 bits per heavy atom. The van der Waals surface area contributed by atoms with Gasteiger partial charge in [-0.15, -0.1) is 11.3 Å². The summed E-state index contributed by atoms with van der Waals surface area (Å²) in [5, 5.41) is 11.5. The van der Waals surface area contributed by atoms with Crippen molar-refractivity contribution in [2.75, 3.05) is 5.75 Å². The first-order valence-electron chi connectivity index (χ1n) is 5.37. The van der Waals surface area contributed by atoms with Crippen molar-refractivity contribution in [2.45, 2.75) is 12.7 Å². The summed E-state index contributed by atoms with van der Waals surface area (Å²) in [6, 6.07) is 4.75. The molecule has 0 saturated carbocycles. The van der Waals surface area contributed by atoms with Crippen LogP contribution in [-0.4, -0.2) is 25.2 Å². The Morgan fingerprint density at radius 1 is 1.39 bits per heavy atom. The van der Waals surface area contributed by atoms with Gasteiger partial charge in [0.05, 0.1) is 11.3 Å². The topological polar surface area (TPSA) is 71.4 Å². The van der Waals surface area contributed by atoms with Gasteiger partial charge in [0, 0.05) is 10.5 Å². The largest absolute Gasteiger partial charge is 0.478 e. The number of fused-ring (bicyclic) bond motifs is 1. The van der Waals surface area contributed by atoms with Crippen molar-refractivity contribution >= 4 is 37.2 Å². The van der Waals surface area contributed by atoms with E-state index in [9.17, 15) is 13.2 Å². The summed E-state index contributed by atoms with van der Waals surface area (Å²) in [7, 11) is -3.07. The lowest BCUT2D eigenvalue weighted by Crippen LogP contribution is -2.06. The molecule has 0 radical (unpaired) electrons. The summed E-state index contributed by atoms with van der Waals surface area (Å²) in [6.07, 6.45) is 0. The maximum Gasteiger partial charge on any atom is 0.335 e. The van der Waals surface area contributed by atoms with Crippen molar-refractivity contribution in [3.8, 4) is 0 Å². The van der Waals surface area contributed by atoms with Gasteiger partial charge in [0.25, 0.3) is 0 Å². The first-order chi connectivity index (χ1) is 8.43. The van der Waals surface area contributed by atoms with Crippen LogP contribution in [0.15, 0.2) is 23.6 Å². The molecule has 1 heterocycles. The Labute approximate surface area is 109 Å². The second-order valence-electron chi connectivity index (χ2n) is 3.95. The number of thiophene rings is 1. The molecular weight excluding hydrogens is 272 g/mol. The lowest BCUT2D eigenvalue weighted by Gasteiger charge is -2.00. The van der Waals surface area contributed by atoms with Crippen LogP contribution in [0.25, 0.3) is 10.1 Å². The fraction of sp³-hybridized carbons (Fsp3) is 0.250.